The number of nitrogens with one attached hydrogen (secondary N) is 1. The second-order valence-electron chi connectivity index (χ2n) is 5.26. The van der Waals surface area contributed by atoms with E-state index < -0.39 is 0 Å². The van der Waals surface area contributed by atoms with Gasteiger partial charge in [0, 0.05) is 16.0 Å². The van der Waals surface area contributed by atoms with Gasteiger partial charge in [-0.25, -0.2) is 4.68 Å². The Kier molecular flexibility index (Phi) is 4.47. The second kappa shape index (κ2) is 6.70. The lowest BCUT2D eigenvalue weighted by Crippen LogP contribution is -2.22. The molecule has 3 aromatic rings. The molecule has 0 radical (unpaired) electrons. The molecule has 1 N–H and O–H groups in total. The first-order valence-electron chi connectivity index (χ1n) is 7.27. The summed E-state index contributed by atoms with van der Waals surface area (Å²) in [6.45, 7) is 5.05. The van der Waals surface area contributed by atoms with E-state index in [1.807, 2.05) is 31.3 Å². The highest BCUT2D eigenvalue weighted by Gasteiger charge is 2.10. The molecule has 1 amide bonds. The van der Waals surface area contributed by atoms with E-state index in [0.717, 1.165) is 11.4 Å². The van der Waals surface area contributed by atoms with E-state index >= 15 is 0 Å². The van der Waals surface area contributed by atoms with Gasteiger partial charge in [-0.3, -0.25) is 4.79 Å². The summed E-state index contributed by atoms with van der Waals surface area (Å²) in [6, 6.07) is 9.11. The fourth-order valence-electron chi connectivity index (χ4n) is 2.25. The Bertz CT molecular complexity index is 790. The van der Waals surface area contributed by atoms with Gasteiger partial charge in [0.25, 0.3) is 5.91 Å². The maximum atomic E-state index is 12.0. The number of rotatable bonds is 5. The average Bonchev–Trinajstić information content (AvgIpc) is 3.15. The Hall–Kier alpha value is -2.54. The summed E-state index contributed by atoms with van der Waals surface area (Å²) in [5.74, 6) is -0.117. The number of hydrogen-bond acceptors (Lipinski definition) is 5. The van der Waals surface area contributed by atoms with Gasteiger partial charge < -0.3 is 5.32 Å². The number of hydrogen-bond donors (Lipinski definition) is 1. The zero-order chi connectivity index (χ0) is 16.2. The molecule has 0 aliphatic heterocycles. The van der Waals surface area contributed by atoms with Crippen LogP contribution in [-0.4, -0.2) is 25.3 Å². The molecule has 23 heavy (non-hydrogen) atoms. The molecular weight excluding hydrogens is 310 g/mol. The minimum Gasteiger partial charge on any atom is -0.346 e. The van der Waals surface area contributed by atoms with Gasteiger partial charge in [0.05, 0.1) is 25.0 Å². The van der Waals surface area contributed by atoms with Crippen molar-refractivity contribution in [2.75, 3.05) is 0 Å². The minimum absolute atomic E-state index is 0.117. The number of carbonyl (C=O) groups is 1. The maximum Gasteiger partial charge on any atom is 0.251 e. The Balaban J connectivity index is 1.61. The predicted octanol–water partition coefficient (Wildman–Crippen LogP) is 2.33. The lowest BCUT2D eigenvalue weighted by atomic mass is 10.2. The van der Waals surface area contributed by atoms with Crippen LogP contribution in [0, 0.1) is 13.8 Å². The monoisotopic (exact) mass is 327 g/mol. The first-order chi connectivity index (χ1) is 11.1. The van der Waals surface area contributed by atoms with Gasteiger partial charge in [-0.15, -0.1) is 5.10 Å². The summed E-state index contributed by atoms with van der Waals surface area (Å²) in [6.07, 6.45) is 1.85. The zero-order valence-corrected chi connectivity index (χ0v) is 13.8. The molecule has 0 bridgehead atoms. The van der Waals surface area contributed by atoms with Crippen LogP contribution in [0.2, 0.25) is 0 Å². The van der Waals surface area contributed by atoms with Gasteiger partial charge in [0.15, 0.2) is 0 Å². The average molecular weight is 327 g/mol. The van der Waals surface area contributed by atoms with Crippen LogP contribution < -0.4 is 5.32 Å². The highest BCUT2D eigenvalue weighted by Crippen LogP contribution is 2.17. The molecule has 1 aromatic carbocycles. The first kappa shape index (κ1) is 15.4. The summed E-state index contributed by atoms with van der Waals surface area (Å²) in [7, 11) is 0. The molecule has 0 fully saturated rings. The van der Waals surface area contributed by atoms with Crippen molar-refractivity contribution < 1.29 is 4.79 Å². The van der Waals surface area contributed by atoms with Crippen molar-refractivity contribution in [2.24, 2.45) is 0 Å². The van der Waals surface area contributed by atoms with Crippen LogP contribution in [0.3, 0.4) is 0 Å². The quantitative estimate of drug-likeness (QED) is 0.780. The standard InChI is InChI=1S/C16H17N5OS/c1-11-15(12(2)23-19-11)10-21-9-14(18-20-21)8-17-16(22)13-6-4-3-5-7-13/h3-7,9H,8,10H2,1-2H3,(H,17,22). The molecule has 0 atom stereocenters. The Labute approximate surface area is 138 Å². The molecule has 0 spiro atoms. The molecule has 0 unspecified atom stereocenters. The van der Waals surface area contributed by atoms with Crippen molar-refractivity contribution in [1.29, 1.82) is 0 Å². The van der Waals surface area contributed by atoms with Gasteiger partial charge in [-0.1, -0.05) is 23.4 Å². The summed E-state index contributed by atoms with van der Waals surface area (Å²) < 4.78 is 6.11. The Morgan fingerprint density at radius 3 is 2.74 bits per heavy atom. The Morgan fingerprint density at radius 2 is 2.04 bits per heavy atom. The topological polar surface area (TPSA) is 72.7 Å². The summed E-state index contributed by atoms with van der Waals surface area (Å²) in [5, 5.41) is 11.1. The molecule has 0 aliphatic rings. The van der Waals surface area contributed by atoms with E-state index in [9.17, 15) is 4.79 Å². The van der Waals surface area contributed by atoms with Gasteiger partial charge >= 0.3 is 0 Å². The van der Waals surface area contributed by atoms with E-state index in [0.29, 0.717) is 18.7 Å². The third kappa shape index (κ3) is 3.62. The summed E-state index contributed by atoms with van der Waals surface area (Å²) >= 11 is 1.50. The molecule has 0 saturated heterocycles. The minimum atomic E-state index is -0.117. The van der Waals surface area contributed by atoms with Crippen LogP contribution >= 0.6 is 11.5 Å². The molecular formula is C16H17N5OS. The molecule has 0 saturated carbocycles. The number of aryl methyl sites for hydroxylation is 2. The van der Waals surface area contributed by atoms with Crippen molar-refractivity contribution in [1.82, 2.24) is 24.7 Å². The largest absolute Gasteiger partial charge is 0.346 e. The number of nitrogens with zero attached hydrogens (tertiary/aromatic N) is 4. The third-order valence-electron chi connectivity index (χ3n) is 3.55. The molecule has 2 heterocycles. The summed E-state index contributed by atoms with van der Waals surface area (Å²) in [4.78, 5) is 13.2. The first-order valence-corrected chi connectivity index (χ1v) is 8.05. The van der Waals surface area contributed by atoms with Crippen LogP contribution in [0.1, 0.15) is 32.2 Å². The lowest BCUT2D eigenvalue weighted by Gasteiger charge is -2.02. The van der Waals surface area contributed by atoms with Crippen molar-refractivity contribution >= 4 is 17.4 Å². The SMILES string of the molecule is Cc1nsc(C)c1Cn1cc(CNC(=O)c2ccccc2)nn1. The van der Waals surface area contributed by atoms with Crippen LogP contribution in [0.5, 0.6) is 0 Å². The molecule has 0 aliphatic carbocycles. The van der Waals surface area contributed by atoms with Crippen molar-refractivity contribution in [3.8, 4) is 0 Å². The van der Waals surface area contributed by atoms with Crippen LogP contribution in [0.25, 0.3) is 0 Å². The third-order valence-corrected chi connectivity index (χ3v) is 4.44. The number of amides is 1. The van der Waals surface area contributed by atoms with E-state index in [1.165, 1.54) is 22.0 Å². The highest BCUT2D eigenvalue weighted by molar-refractivity contribution is 7.05. The summed E-state index contributed by atoms with van der Waals surface area (Å²) in [5.41, 5.74) is 3.57. The van der Waals surface area contributed by atoms with E-state index in [1.54, 1.807) is 16.8 Å². The fraction of sp³-hybridized carbons (Fsp3) is 0.250. The fourth-order valence-corrected chi connectivity index (χ4v) is 2.96. The maximum absolute atomic E-state index is 12.0. The van der Waals surface area contributed by atoms with Crippen molar-refractivity contribution in [2.45, 2.75) is 26.9 Å². The normalized spacial score (nSPS) is 10.7. The van der Waals surface area contributed by atoms with Gasteiger partial charge in [0.2, 0.25) is 0 Å². The van der Waals surface area contributed by atoms with Gasteiger partial charge in [0.1, 0.15) is 5.69 Å². The Morgan fingerprint density at radius 1 is 1.26 bits per heavy atom. The van der Waals surface area contributed by atoms with E-state index in [4.69, 9.17) is 0 Å². The molecule has 6 nitrogen and oxygen atoms in total. The molecule has 2 aromatic heterocycles. The number of aromatic nitrogens is 4. The lowest BCUT2D eigenvalue weighted by molar-refractivity contribution is 0.0950. The van der Waals surface area contributed by atoms with Crippen LogP contribution in [0.15, 0.2) is 36.5 Å². The predicted molar refractivity (Wildman–Crippen MR) is 88.3 cm³/mol. The molecule has 118 valence electrons. The van der Waals surface area contributed by atoms with Gasteiger partial charge in [-0.05, 0) is 37.5 Å². The highest BCUT2D eigenvalue weighted by atomic mass is 32.1. The number of carbonyl (C=O) groups excluding carboxylic acids is 1. The van der Waals surface area contributed by atoms with Crippen molar-refractivity contribution in [3.05, 3.63) is 63.9 Å². The second-order valence-corrected chi connectivity index (χ2v) is 6.24. The molecule has 3 rings (SSSR count). The number of benzene rings is 1. The van der Waals surface area contributed by atoms with Crippen molar-refractivity contribution in [3.63, 3.8) is 0 Å². The zero-order valence-electron chi connectivity index (χ0n) is 13.0. The van der Waals surface area contributed by atoms with E-state index in [2.05, 4.69) is 26.9 Å². The van der Waals surface area contributed by atoms with Gasteiger partial charge in [-0.2, -0.15) is 4.37 Å². The van der Waals surface area contributed by atoms with E-state index in [-0.39, 0.29) is 5.91 Å². The van der Waals surface area contributed by atoms with Crippen LogP contribution in [0.4, 0.5) is 0 Å². The smallest absolute Gasteiger partial charge is 0.251 e. The van der Waals surface area contributed by atoms with Crippen LogP contribution in [-0.2, 0) is 13.1 Å². The molecule has 7 heteroatoms.